The maximum atomic E-state index is 13.0. The molecule has 18 heavy (non-hydrogen) atoms. The lowest BCUT2D eigenvalue weighted by Crippen LogP contribution is -2.35. The van der Waals surface area contributed by atoms with Gasteiger partial charge in [-0.15, -0.1) is 0 Å². The van der Waals surface area contributed by atoms with Crippen LogP contribution in [-0.2, 0) is 9.53 Å². The molecule has 0 saturated heterocycles. The molecule has 6 heteroatoms. The number of rotatable bonds is 6. The number of carbonyl (C=O) groups is 1. The van der Waals surface area contributed by atoms with E-state index in [1.54, 1.807) is 7.11 Å². The zero-order chi connectivity index (χ0) is 13.5. The average Bonchev–Trinajstić information content (AvgIpc) is 2.34. The van der Waals surface area contributed by atoms with E-state index >= 15 is 0 Å². The molecule has 0 aromatic heterocycles. The third-order valence-corrected chi connectivity index (χ3v) is 2.72. The van der Waals surface area contributed by atoms with Crippen molar-refractivity contribution in [3.05, 3.63) is 29.0 Å². The number of hydrogen-bond donors (Lipinski definition) is 2. The van der Waals surface area contributed by atoms with Gasteiger partial charge in [-0.25, -0.2) is 4.39 Å². The van der Waals surface area contributed by atoms with Gasteiger partial charge in [0, 0.05) is 13.7 Å². The smallest absolute Gasteiger partial charge is 0.241 e. The predicted octanol–water partition coefficient (Wildman–Crippen LogP) is 2.17. The van der Waals surface area contributed by atoms with E-state index in [4.69, 9.17) is 22.1 Å². The summed E-state index contributed by atoms with van der Waals surface area (Å²) in [5, 5.41) is 2.77. The predicted molar refractivity (Wildman–Crippen MR) is 69.1 cm³/mol. The largest absolute Gasteiger partial charge is 0.385 e. The molecule has 3 N–H and O–H groups in total. The Hall–Kier alpha value is -1.17. The quantitative estimate of drug-likeness (QED) is 0.782. The Bertz CT molecular complexity index is 415. The van der Waals surface area contributed by atoms with Crippen LogP contribution < -0.4 is 11.1 Å². The van der Waals surface area contributed by atoms with Crippen molar-refractivity contribution in [3.63, 3.8) is 0 Å². The van der Waals surface area contributed by atoms with Crippen LogP contribution in [0.4, 0.5) is 10.1 Å². The number of nitrogens with one attached hydrogen (secondary N) is 1. The SMILES string of the molecule is COCCCC(N)C(=O)Nc1cc(F)ccc1Cl. The van der Waals surface area contributed by atoms with Gasteiger partial charge in [-0.3, -0.25) is 4.79 Å². The first-order valence-electron chi connectivity index (χ1n) is 5.55. The Balaban J connectivity index is 2.55. The van der Waals surface area contributed by atoms with Crippen LogP contribution in [0.2, 0.25) is 5.02 Å². The van der Waals surface area contributed by atoms with Crippen molar-refractivity contribution in [3.8, 4) is 0 Å². The Labute approximate surface area is 110 Å². The minimum absolute atomic E-state index is 0.226. The maximum Gasteiger partial charge on any atom is 0.241 e. The molecular formula is C12H16ClFN2O2. The molecule has 1 aromatic carbocycles. The van der Waals surface area contributed by atoms with E-state index in [9.17, 15) is 9.18 Å². The number of methoxy groups -OCH3 is 1. The van der Waals surface area contributed by atoms with Gasteiger partial charge in [-0.05, 0) is 31.0 Å². The lowest BCUT2D eigenvalue weighted by atomic mass is 10.1. The number of carbonyl (C=O) groups excluding carboxylic acids is 1. The summed E-state index contributed by atoms with van der Waals surface area (Å²) in [6.45, 7) is 0.543. The third-order valence-electron chi connectivity index (χ3n) is 2.39. The second kappa shape index (κ2) is 7.31. The second-order valence-electron chi connectivity index (χ2n) is 3.85. The monoisotopic (exact) mass is 274 g/mol. The Kier molecular flexibility index (Phi) is 6.04. The summed E-state index contributed by atoms with van der Waals surface area (Å²) in [4.78, 5) is 11.7. The number of hydrogen-bond acceptors (Lipinski definition) is 3. The molecule has 1 atom stereocenters. The number of nitrogens with two attached hydrogens (primary N) is 1. The molecule has 0 aliphatic carbocycles. The number of anilines is 1. The highest BCUT2D eigenvalue weighted by Crippen LogP contribution is 2.22. The highest BCUT2D eigenvalue weighted by atomic mass is 35.5. The van der Waals surface area contributed by atoms with Crippen molar-refractivity contribution >= 4 is 23.2 Å². The van der Waals surface area contributed by atoms with E-state index in [0.717, 1.165) is 6.07 Å². The molecular weight excluding hydrogens is 259 g/mol. The van der Waals surface area contributed by atoms with Gasteiger partial charge in [-0.2, -0.15) is 0 Å². The molecule has 0 aliphatic heterocycles. The second-order valence-corrected chi connectivity index (χ2v) is 4.26. The van der Waals surface area contributed by atoms with Gasteiger partial charge < -0.3 is 15.8 Å². The number of benzene rings is 1. The summed E-state index contributed by atoms with van der Waals surface area (Å²) in [6, 6.07) is 3.08. The molecule has 0 aliphatic rings. The van der Waals surface area contributed by atoms with Crippen LogP contribution in [0.15, 0.2) is 18.2 Å². The van der Waals surface area contributed by atoms with E-state index in [1.165, 1.54) is 12.1 Å². The van der Waals surface area contributed by atoms with Crippen LogP contribution in [0.25, 0.3) is 0 Å². The summed E-state index contributed by atoms with van der Waals surface area (Å²) < 4.78 is 17.9. The van der Waals surface area contributed by atoms with Crippen molar-refractivity contribution in [2.24, 2.45) is 5.73 Å². The number of halogens is 2. The van der Waals surface area contributed by atoms with Gasteiger partial charge >= 0.3 is 0 Å². The number of amides is 1. The summed E-state index contributed by atoms with van der Waals surface area (Å²) in [5.74, 6) is -0.860. The van der Waals surface area contributed by atoms with Crippen LogP contribution in [0.5, 0.6) is 0 Å². The zero-order valence-electron chi connectivity index (χ0n) is 10.1. The number of ether oxygens (including phenoxy) is 1. The van der Waals surface area contributed by atoms with Crippen LogP contribution in [-0.4, -0.2) is 25.7 Å². The molecule has 1 rings (SSSR count). The molecule has 0 fully saturated rings. The van der Waals surface area contributed by atoms with E-state index in [2.05, 4.69) is 5.32 Å². The molecule has 0 radical (unpaired) electrons. The maximum absolute atomic E-state index is 13.0. The van der Waals surface area contributed by atoms with Crippen molar-refractivity contribution in [2.45, 2.75) is 18.9 Å². The van der Waals surface area contributed by atoms with Crippen LogP contribution in [0.3, 0.4) is 0 Å². The molecule has 0 spiro atoms. The summed E-state index contributed by atoms with van der Waals surface area (Å²) in [7, 11) is 1.58. The molecule has 1 amide bonds. The van der Waals surface area contributed by atoms with E-state index < -0.39 is 17.8 Å². The van der Waals surface area contributed by atoms with E-state index in [0.29, 0.717) is 19.4 Å². The molecule has 0 bridgehead atoms. The summed E-state index contributed by atoms with van der Waals surface area (Å²) in [6.07, 6.45) is 1.18. The van der Waals surface area contributed by atoms with Gasteiger partial charge in [0.2, 0.25) is 5.91 Å². The fourth-order valence-electron chi connectivity index (χ4n) is 1.40. The Morgan fingerprint density at radius 1 is 1.61 bits per heavy atom. The minimum Gasteiger partial charge on any atom is -0.385 e. The summed E-state index contributed by atoms with van der Waals surface area (Å²) >= 11 is 5.83. The van der Waals surface area contributed by atoms with Gasteiger partial charge in [0.05, 0.1) is 16.8 Å². The van der Waals surface area contributed by atoms with Gasteiger partial charge in [-0.1, -0.05) is 11.6 Å². The molecule has 1 unspecified atom stereocenters. The molecule has 0 heterocycles. The highest BCUT2D eigenvalue weighted by Gasteiger charge is 2.14. The lowest BCUT2D eigenvalue weighted by molar-refractivity contribution is -0.117. The van der Waals surface area contributed by atoms with E-state index in [-0.39, 0.29) is 10.7 Å². The molecule has 100 valence electrons. The highest BCUT2D eigenvalue weighted by molar-refractivity contribution is 6.33. The first kappa shape index (κ1) is 14.9. The molecule has 1 aromatic rings. The Morgan fingerprint density at radius 2 is 2.33 bits per heavy atom. The zero-order valence-corrected chi connectivity index (χ0v) is 10.8. The van der Waals surface area contributed by atoms with Gasteiger partial charge in [0.15, 0.2) is 0 Å². The molecule has 0 saturated carbocycles. The minimum atomic E-state index is -0.667. The first-order valence-corrected chi connectivity index (χ1v) is 5.93. The van der Waals surface area contributed by atoms with E-state index in [1.807, 2.05) is 0 Å². The fourth-order valence-corrected chi connectivity index (χ4v) is 1.56. The first-order chi connectivity index (χ1) is 8.54. The lowest BCUT2D eigenvalue weighted by Gasteiger charge is -2.13. The van der Waals surface area contributed by atoms with Gasteiger partial charge in [0.1, 0.15) is 5.82 Å². The average molecular weight is 275 g/mol. The van der Waals surface area contributed by atoms with Crippen molar-refractivity contribution in [1.82, 2.24) is 0 Å². The van der Waals surface area contributed by atoms with Crippen molar-refractivity contribution in [2.75, 3.05) is 19.0 Å². The summed E-state index contributed by atoms with van der Waals surface area (Å²) in [5.41, 5.74) is 5.92. The Morgan fingerprint density at radius 3 is 3.00 bits per heavy atom. The molecule has 4 nitrogen and oxygen atoms in total. The fraction of sp³-hybridized carbons (Fsp3) is 0.417. The van der Waals surface area contributed by atoms with Crippen LogP contribution in [0, 0.1) is 5.82 Å². The van der Waals surface area contributed by atoms with Crippen molar-refractivity contribution < 1.29 is 13.9 Å². The topological polar surface area (TPSA) is 64.3 Å². The van der Waals surface area contributed by atoms with Crippen LogP contribution in [0.1, 0.15) is 12.8 Å². The standard InChI is InChI=1S/C12H16ClFN2O2/c1-18-6-2-3-10(15)12(17)16-11-7-8(14)4-5-9(11)13/h4-5,7,10H,2-3,6,15H2,1H3,(H,16,17). The van der Waals surface area contributed by atoms with Crippen LogP contribution >= 0.6 is 11.6 Å². The van der Waals surface area contributed by atoms with Gasteiger partial charge in [0.25, 0.3) is 0 Å². The normalized spacial score (nSPS) is 12.2. The van der Waals surface area contributed by atoms with Crippen molar-refractivity contribution in [1.29, 1.82) is 0 Å². The third kappa shape index (κ3) is 4.60.